The molecule has 2 fully saturated rings. The van der Waals surface area contributed by atoms with Gasteiger partial charge in [-0.15, -0.1) is 6.58 Å². The van der Waals surface area contributed by atoms with E-state index in [2.05, 4.69) is 29.2 Å². The third-order valence-electron chi connectivity index (χ3n) is 10.7. The molecule has 2 N–H and O–H groups in total. The van der Waals surface area contributed by atoms with Gasteiger partial charge in [0.25, 0.3) is 5.91 Å². The first kappa shape index (κ1) is 38.4. The summed E-state index contributed by atoms with van der Waals surface area (Å²) in [5, 5.41) is 10.9. The van der Waals surface area contributed by atoms with E-state index in [-0.39, 0.29) is 29.4 Å². The fourth-order valence-corrected chi connectivity index (χ4v) is 9.52. The average Bonchev–Trinajstić information content (AvgIpc) is 3.58. The van der Waals surface area contributed by atoms with E-state index in [9.17, 15) is 18.3 Å². The number of anilines is 1. The Hall–Kier alpha value is -2.85. The number of rotatable bonds is 14. The molecule has 5 rings (SSSR count). The Balaban J connectivity index is 1.42. The Morgan fingerprint density at radius 1 is 1.14 bits per heavy atom. The van der Waals surface area contributed by atoms with Crippen molar-refractivity contribution in [2.45, 2.75) is 109 Å². The fourth-order valence-electron chi connectivity index (χ4n) is 7.61. The highest BCUT2D eigenvalue weighted by Gasteiger charge is 2.38. The van der Waals surface area contributed by atoms with Crippen molar-refractivity contribution in [1.29, 1.82) is 0 Å². The number of carbonyl (C=O) groups excluding carboxylic acids is 1. The van der Waals surface area contributed by atoms with Gasteiger partial charge in [0.05, 0.1) is 23.1 Å². The smallest absolute Gasteiger partial charge is 0.264 e. The number of nitrogens with zero attached hydrogens (tertiary/aromatic N) is 1. The maximum Gasteiger partial charge on any atom is 0.264 e. The highest BCUT2D eigenvalue weighted by molar-refractivity contribution is 7.90. The number of fused-ring (bicyclic) bond motifs is 2. The second-order valence-corrected chi connectivity index (χ2v) is 16.7. The molecule has 2 aromatic carbocycles. The van der Waals surface area contributed by atoms with Gasteiger partial charge in [-0.3, -0.25) is 4.79 Å². The van der Waals surface area contributed by atoms with Crippen LogP contribution in [0.15, 0.2) is 61.2 Å². The maximum atomic E-state index is 13.8. The second kappa shape index (κ2) is 18.1. The van der Waals surface area contributed by atoms with Crippen molar-refractivity contribution in [1.82, 2.24) is 4.72 Å². The van der Waals surface area contributed by atoms with E-state index >= 15 is 0 Å². The SMILES string of the molecule is C=CC[C@H](C)[C@H](C[C@@H]1CCCO1)S(=O)(=O)NC(=O)c1ccc2c(c1)N(C[C@@H]1CC[C@H]1[C@@H](O)/C=C/CCC)CCCCc1cc(Cl)ccc1CO2. The number of sulfonamides is 1. The van der Waals surface area contributed by atoms with Crippen LogP contribution in [0, 0.1) is 17.8 Å². The molecule has 0 spiro atoms. The maximum absolute atomic E-state index is 13.8. The number of unbranched alkanes of at least 4 members (excludes halogenated alkanes) is 1. The Labute approximate surface area is 304 Å². The first-order valence-corrected chi connectivity index (χ1v) is 20.4. The lowest BCUT2D eigenvalue weighted by atomic mass is 9.70. The fraction of sp³-hybridized carbons (Fsp3) is 0.575. The summed E-state index contributed by atoms with van der Waals surface area (Å²) in [5.41, 5.74) is 3.24. The van der Waals surface area contributed by atoms with Gasteiger partial charge in [0.1, 0.15) is 12.4 Å². The van der Waals surface area contributed by atoms with Crippen LogP contribution in [0.2, 0.25) is 5.02 Å². The number of hydrogen-bond donors (Lipinski definition) is 2. The van der Waals surface area contributed by atoms with Gasteiger partial charge in [-0.25, -0.2) is 13.1 Å². The minimum absolute atomic E-state index is 0.143. The number of carbonyl (C=O) groups is 1. The van der Waals surface area contributed by atoms with E-state index in [0.717, 1.165) is 81.1 Å². The van der Waals surface area contributed by atoms with Crippen molar-refractivity contribution >= 4 is 33.2 Å². The average molecular weight is 727 g/mol. The van der Waals surface area contributed by atoms with Gasteiger partial charge in [0, 0.05) is 30.3 Å². The molecule has 274 valence electrons. The summed E-state index contributed by atoms with van der Waals surface area (Å²) in [6, 6.07) is 11.1. The van der Waals surface area contributed by atoms with Crippen molar-refractivity contribution in [3.8, 4) is 5.75 Å². The number of benzene rings is 2. The molecule has 1 saturated carbocycles. The monoisotopic (exact) mass is 726 g/mol. The standard InChI is InChI=1S/C40H55ClN2O6S/c1-4-6-7-14-37(44)35-19-16-31(35)26-43-21-9-8-12-29-23-33(41)18-15-32(29)27-49-38-20-17-30(24-36(38)43)40(45)42-50(46,47)39(28(3)11-5-2)25-34-13-10-22-48-34/h5,7,14-15,17-18,20,23-24,28,31,34-35,37,39,44H,2,4,6,8-13,16,19,21-22,25-27H2,1,3H3,(H,42,45)/b14-7+/t28-,31-,34-,35+,37-,39-/m0/s1. The first-order chi connectivity index (χ1) is 24.1. The summed E-state index contributed by atoms with van der Waals surface area (Å²) in [6.45, 7) is 10.2. The Bertz CT molecular complexity index is 1590. The number of aryl methyl sites for hydroxylation is 1. The number of aliphatic hydroxyl groups is 1. The topological polar surface area (TPSA) is 105 Å². The van der Waals surface area contributed by atoms with Gasteiger partial charge < -0.3 is 19.5 Å². The molecule has 0 unspecified atom stereocenters. The van der Waals surface area contributed by atoms with Crippen molar-refractivity contribution < 1.29 is 27.8 Å². The number of halogens is 1. The zero-order valence-electron chi connectivity index (χ0n) is 29.7. The van der Waals surface area contributed by atoms with Gasteiger partial charge in [0.2, 0.25) is 10.0 Å². The molecule has 2 heterocycles. The van der Waals surface area contributed by atoms with Crippen molar-refractivity contribution in [3.63, 3.8) is 0 Å². The normalized spacial score (nSPS) is 23.0. The Kier molecular flexibility index (Phi) is 13.9. The molecule has 0 radical (unpaired) electrons. The van der Waals surface area contributed by atoms with Crippen LogP contribution in [0.25, 0.3) is 0 Å². The highest BCUT2D eigenvalue weighted by Crippen LogP contribution is 2.41. The molecule has 1 aliphatic carbocycles. The molecule has 2 aromatic rings. The highest BCUT2D eigenvalue weighted by atomic mass is 35.5. The van der Waals surface area contributed by atoms with Gasteiger partial charge >= 0.3 is 0 Å². The van der Waals surface area contributed by atoms with E-state index in [4.69, 9.17) is 21.1 Å². The van der Waals surface area contributed by atoms with Crippen molar-refractivity contribution in [2.75, 3.05) is 24.6 Å². The number of amides is 1. The van der Waals surface area contributed by atoms with Crippen LogP contribution >= 0.6 is 11.6 Å². The van der Waals surface area contributed by atoms with Crippen LogP contribution < -0.4 is 14.4 Å². The van der Waals surface area contributed by atoms with Gasteiger partial charge in [-0.05, 0) is 123 Å². The third kappa shape index (κ3) is 9.93. The van der Waals surface area contributed by atoms with Gasteiger partial charge in [-0.1, -0.05) is 56.2 Å². The minimum Gasteiger partial charge on any atom is -0.487 e. The largest absolute Gasteiger partial charge is 0.487 e. The molecule has 10 heteroatoms. The van der Waals surface area contributed by atoms with Crippen LogP contribution in [0.4, 0.5) is 5.69 Å². The number of hydrogen-bond acceptors (Lipinski definition) is 7. The quantitative estimate of drug-likeness (QED) is 0.190. The first-order valence-electron chi connectivity index (χ1n) is 18.5. The molecule has 6 atom stereocenters. The van der Waals surface area contributed by atoms with Crippen LogP contribution in [0.5, 0.6) is 5.75 Å². The molecule has 50 heavy (non-hydrogen) atoms. The Morgan fingerprint density at radius 3 is 2.70 bits per heavy atom. The van der Waals surface area contributed by atoms with Crippen molar-refractivity contribution in [2.24, 2.45) is 17.8 Å². The molecule has 0 bridgehead atoms. The summed E-state index contributed by atoms with van der Waals surface area (Å²) >= 11 is 6.36. The number of allylic oxidation sites excluding steroid dienone is 2. The summed E-state index contributed by atoms with van der Waals surface area (Å²) in [5.74, 6) is 0.157. The van der Waals surface area contributed by atoms with E-state index < -0.39 is 27.3 Å². The minimum atomic E-state index is -4.04. The molecule has 1 saturated heterocycles. The van der Waals surface area contributed by atoms with Crippen molar-refractivity contribution in [3.05, 3.63) is 82.9 Å². The van der Waals surface area contributed by atoms with E-state index in [0.29, 0.717) is 43.4 Å². The summed E-state index contributed by atoms with van der Waals surface area (Å²) < 4.78 is 42.3. The van der Waals surface area contributed by atoms with E-state index in [1.54, 1.807) is 24.3 Å². The molecule has 1 amide bonds. The molecule has 3 aliphatic rings. The number of ether oxygens (including phenoxy) is 2. The van der Waals surface area contributed by atoms with Crippen LogP contribution in [0.3, 0.4) is 0 Å². The van der Waals surface area contributed by atoms with Gasteiger partial charge in [-0.2, -0.15) is 0 Å². The zero-order valence-corrected chi connectivity index (χ0v) is 31.3. The van der Waals surface area contributed by atoms with E-state index in [1.807, 2.05) is 31.2 Å². The molecule has 0 aromatic heterocycles. The molecule has 2 aliphatic heterocycles. The van der Waals surface area contributed by atoms with Crippen LogP contribution in [-0.2, 0) is 27.8 Å². The zero-order chi connectivity index (χ0) is 35.7. The van der Waals surface area contributed by atoms with E-state index in [1.165, 1.54) is 0 Å². The lowest BCUT2D eigenvalue weighted by molar-refractivity contribution is 0.0461. The number of nitrogens with one attached hydrogen (secondary N) is 1. The molecular formula is C40H55ClN2O6S. The second-order valence-electron chi connectivity index (χ2n) is 14.4. The lowest BCUT2D eigenvalue weighted by Crippen LogP contribution is -2.43. The predicted octanol–water partition coefficient (Wildman–Crippen LogP) is 8.01. The van der Waals surface area contributed by atoms with Crippen LogP contribution in [-0.4, -0.2) is 56.6 Å². The summed E-state index contributed by atoms with van der Waals surface area (Å²) in [4.78, 5) is 16.1. The lowest BCUT2D eigenvalue weighted by Gasteiger charge is -2.42. The molecular weight excluding hydrogens is 672 g/mol. The van der Waals surface area contributed by atoms with Crippen LogP contribution in [0.1, 0.15) is 99.5 Å². The molecule has 8 nitrogen and oxygen atoms in total. The number of aliphatic hydroxyl groups excluding tert-OH is 1. The summed E-state index contributed by atoms with van der Waals surface area (Å²) in [6.07, 6.45) is 14.3. The Morgan fingerprint density at radius 2 is 1.98 bits per heavy atom. The predicted molar refractivity (Wildman–Crippen MR) is 201 cm³/mol. The third-order valence-corrected chi connectivity index (χ3v) is 12.9. The summed E-state index contributed by atoms with van der Waals surface area (Å²) in [7, 11) is -4.04. The van der Waals surface area contributed by atoms with Gasteiger partial charge in [0.15, 0.2) is 0 Å².